The molecule has 0 radical (unpaired) electrons. The number of non-ortho nitro benzene ring substituents is 1. The van der Waals surface area contributed by atoms with Crippen molar-refractivity contribution in [1.29, 1.82) is 0 Å². The van der Waals surface area contributed by atoms with Crippen molar-refractivity contribution in [1.82, 2.24) is 0 Å². The maximum atomic E-state index is 11.2. The van der Waals surface area contributed by atoms with Crippen LogP contribution in [0.4, 0.5) is 11.4 Å². The Hall–Kier alpha value is -3.62. The number of nitrogens with zero attached hydrogens (tertiary/aromatic N) is 3. The maximum absolute atomic E-state index is 11.2. The fourth-order valence-electron chi connectivity index (χ4n) is 2.16. The molecule has 0 heterocycles. The molecular formula is C17H15N3O6. The first-order chi connectivity index (χ1) is 12.3. The third-order valence-corrected chi connectivity index (χ3v) is 3.58. The van der Waals surface area contributed by atoms with E-state index in [4.69, 9.17) is 4.84 Å². The number of hydrogen-bond donors (Lipinski definition) is 0. The van der Waals surface area contributed by atoms with Gasteiger partial charge in [0.1, 0.15) is 0 Å². The van der Waals surface area contributed by atoms with Gasteiger partial charge < -0.3 is 4.84 Å². The van der Waals surface area contributed by atoms with Gasteiger partial charge >= 0.3 is 5.97 Å². The van der Waals surface area contributed by atoms with Crippen molar-refractivity contribution in [2.24, 2.45) is 5.16 Å². The Morgan fingerprint density at radius 3 is 2.27 bits per heavy atom. The van der Waals surface area contributed by atoms with Crippen LogP contribution in [0.25, 0.3) is 11.1 Å². The van der Waals surface area contributed by atoms with Crippen LogP contribution < -0.4 is 0 Å². The normalized spacial score (nSPS) is 11.1. The number of benzene rings is 2. The van der Waals surface area contributed by atoms with Crippen molar-refractivity contribution in [3.63, 3.8) is 0 Å². The van der Waals surface area contributed by atoms with E-state index in [1.807, 2.05) is 0 Å². The fraction of sp³-hybridized carbons (Fsp3) is 0.176. The maximum Gasteiger partial charge on any atom is 0.334 e. The van der Waals surface area contributed by atoms with E-state index in [9.17, 15) is 25.0 Å². The zero-order chi connectivity index (χ0) is 19.3. The van der Waals surface area contributed by atoms with Crippen LogP contribution in [0.2, 0.25) is 0 Å². The van der Waals surface area contributed by atoms with E-state index in [1.54, 1.807) is 38.1 Å². The zero-order valence-corrected chi connectivity index (χ0v) is 14.0. The number of nitro groups is 2. The number of rotatable bonds is 6. The van der Waals surface area contributed by atoms with Crippen LogP contribution in [0.1, 0.15) is 25.8 Å². The molecule has 0 N–H and O–H groups in total. The van der Waals surface area contributed by atoms with Gasteiger partial charge in [-0.2, -0.15) is 0 Å². The first-order valence-electron chi connectivity index (χ1n) is 7.61. The minimum atomic E-state index is -0.683. The lowest BCUT2D eigenvalue weighted by Crippen LogP contribution is -2.01. The summed E-state index contributed by atoms with van der Waals surface area (Å²) in [5, 5.41) is 25.8. The Balaban J connectivity index is 2.35. The first kappa shape index (κ1) is 18.7. The summed E-state index contributed by atoms with van der Waals surface area (Å²) in [7, 11) is 0. The average Bonchev–Trinajstić information content (AvgIpc) is 2.65. The first-order valence-corrected chi connectivity index (χ1v) is 7.61. The van der Waals surface area contributed by atoms with Gasteiger partial charge in [-0.25, -0.2) is 4.79 Å². The molecule has 0 aliphatic carbocycles. The summed E-state index contributed by atoms with van der Waals surface area (Å²) < 4.78 is 0. The molecule has 0 fully saturated rings. The molecule has 0 aliphatic heterocycles. The minimum absolute atomic E-state index is 0.208. The summed E-state index contributed by atoms with van der Waals surface area (Å²) in [6.07, 6.45) is 0.208. The summed E-state index contributed by atoms with van der Waals surface area (Å²) in [4.78, 5) is 36.5. The standard InChI is InChI=1S/C17H15N3O6/c1-3-17(21)26-18-11(2)12-4-6-13(7-5-12)15-9-8-14(19(22)23)10-16(15)20(24)25/h4-10H,3H2,1-2H3. The molecular weight excluding hydrogens is 342 g/mol. The van der Waals surface area contributed by atoms with Gasteiger partial charge in [0.05, 0.1) is 27.2 Å². The van der Waals surface area contributed by atoms with Crippen LogP contribution in [-0.4, -0.2) is 21.5 Å². The molecule has 0 aliphatic rings. The molecule has 134 valence electrons. The summed E-state index contributed by atoms with van der Waals surface area (Å²) in [5.74, 6) is -0.456. The van der Waals surface area contributed by atoms with Crippen LogP contribution in [0.5, 0.6) is 0 Å². The van der Waals surface area contributed by atoms with E-state index in [0.717, 1.165) is 6.07 Å². The molecule has 9 heteroatoms. The highest BCUT2D eigenvalue weighted by Gasteiger charge is 2.20. The lowest BCUT2D eigenvalue weighted by atomic mass is 10.0. The van der Waals surface area contributed by atoms with Gasteiger partial charge in [-0.3, -0.25) is 20.2 Å². The number of oxime groups is 1. The van der Waals surface area contributed by atoms with E-state index in [-0.39, 0.29) is 23.4 Å². The number of hydrogen-bond acceptors (Lipinski definition) is 7. The zero-order valence-electron chi connectivity index (χ0n) is 14.0. The van der Waals surface area contributed by atoms with Crippen molar-refractivity contribution in [2.75, 3.05) is 0 Å². The fourth-order valence-corrected chi connectivity index (χ4v) is 2.16. The molecule has 2 aromatic carbocycles. The molecule has 2 aromatic rings. The van der Waals surface area contributed by atoms with Crippen LogP contribution in [-0.2, 0) is 9.63 Å². The summed E-state index contributed by atoms with van der Waals surface area (Å²) >= 11 is 0. The predicted octanol–water partition coefficient (Wildman–Crippen LogP) is 3.85. The molecule has 26 heavy (non-hydrogen) atoms. The predicted molar refractivity (Wildman–Crippen MR) is 93.8 cm³/mol. The molecule has 0 amide bonds. The summed E-state index contributed by atoms with van der Waals surface area (Å²) in [5.41, 5.74) is 1.22. The van der Waals surface area contributed by atoms with Crippen molar-refractivity contribution in [3.8, 4) is 11.1 Å². The van der Waals surface area contributed by atoms with Gasteiger partial charge in [0.15, 0.2) is 0 Å². The van der Waals surface area contributed by atoms with Gasteiger partial charge in [-0.15, -0.1) is 0 Å². The number of carbonyl (C=O) groups is 1. The van der Waals surface area contributed by atoms with Crippen LogP contribution in [0.3, 0.4) is 0 Å². The Bertz CT molecular complexity index is 890. The molecule has 9 nitrogen and oxygen atoms in total. The Kier molecular flexibility index (Phi) is 5.74. The average molecular weight is 357 g/mol. The minimum Gasteiger partial charge on any atom is -0.318 e. The van der Waals surface area contributed by atoms with Crippen LogP contribution in [0, 0.1) is 20.2 Å². The largest absolute Gasteiger partial charge is 0.334 e. The Morgan fingerprint density at radius 2 is 1.73 bits per heavy atom. The highest BCUT2D eigenvalue weighted by molar-refractivity contribution is 5.99. The Labute approximate surface area is 148 Å². The summed E-state index contributed by atoms with van der Waals surface area (Å²) in [6.45, 7) is 3.31. The molecule has 0 aromatic heterocycles. The van der Waals surface area contributed by atoms with E-state index in [2.05, 4.69) is 5.16 Å². The van der Waals surface area contributed by atoms with E-state index in [1.165, 1.54) is 12.1 Å². The second kappa shape index (κ2) is 7.97. The van der Waals surface area contributed by atoms with Crippen molar-refractivity contribution in [2.45, 2.75) is 20.3 Å². The smallest absolute Gasteiger partial charge is 0.318 e. The van der Waals surface area contributed by atoms with Gasteiger partial charge in [-0.05, 0) is 24.1 Å². The molecule has 2 rings (SSSR count). The quantitative estimate of drug-likeness (QED) is 0.334. The van der Waals surface area contributed by atoms with Crippen molar-refractivity contribution < 1.29 is 19.5 Å². The number of carbonyl (C=O) groups excluding carboxylic acids is 1. The lowest BCUT2D eigenvalue weighted by molar-refractivity contribution is -0.393. The molecule has 0 unspecified atom stereocenters. The highest BCUT2D eigenvalue weighted by atomic mass is 16.7. The molecule has 0 atom stereocenters. The highest BCUT2D eigenvalue weighted by Crippen LogP contribution is 2.33. The SMILES string of the molecule is CCC(=O)ON=C(C)c1ccc(-c2ccc([N+](=O)[O-])cc2[N+](=O)[O-])cc1. The monoisotopic (exact) mass is 357 g/mol. The second-order valence-electron chi connectivity index (χ2n) is 5.29. The van der Waals surface area contributed by atoms with Crippen LogP contribution >= 0.6 is 0 Å². The van der Waals surface area contributed by atoms with Gasteiger partial charge in [0.2, 0.25) is 0 Å². The van der Waals surface area contributed by atoms with E-state index < -0.39 is 15.8 Å². The van der Waals surface area contributed by atoms with Crippen molar-refractivity contribution in [3.05, 3.63) is 68.3 Å². The summed E-state index contributed by atoms with van der Waals surface area (Å²) in [6, 6.07) is 10.1. The lowest BCUT2D eigenvalue weighted by Gasteiger charge is -2.05. The third kappa shape index (κ3) is 4.26. The molecule has 0 saturated carbocycles. The van der Waals surface area contributed by atoms with Crippen molar-refractivity contribution >= 4 is 23.1 Å². The van der Waals surface area contributed by atoms with Crippen LogP contribution in [0.15, 0.2) is 47.6 Å². The second-order valence-corrected chi connectivity index (χ2v) is 5.29. The van der Waals surface area contributed by atoms with E-state index >= 15 is 0 Å². The molecule has 0 bridgehead atoms. The molecule has 0 spiro atoms. The molecule has 0 saturated heterocycles. The third-order valence-electron chi connectivity index (χ3n) is 3.58. The van der Waals surface area contributed by atoms with Gasteiger partial charge in [0.25, 0.3) is 11.4 Å². The Morgan fingerprint density at radius 1 is 1.08 bits per heavy atom. The van der Waals surface area contributed by atoms with Gasteiger partial charge in [-0.1, -0.05) is 36.3 Å². The van der Waals surface area contributed by atoms with E-state index in [0.29, 0.717) is 16.8 Å². The van der Waals surface area contributed by atoms with Gasteiger partial charge in [0, 0.05) is 12.5 Å². The topological polar surface area (TPSA) is 125 Å². The number of nitro benzene ring substituents is 2.